The molecule has 29 heavy (non-hydrogen) atoms. The van der Waals surface area contributed by atoms with E-state index in [1.807, 2.05) is 78.9 Å². The fourth-order valence-corrected chi connectivity index (χ4v) is 3.69. The minimum absolute atomic E-state index is 0.163. The van der Waals surface area contributed by atoms with E-state index in [4.69, 9.17) is 14.7 Å². The molecule has 0 unspecified atom stereocenters. The first-order chi connectivity index (χ1) is 14.2. The number of nitrogens with one attached hydrogen (secondary N) is 1. The molecule has 0 saturated heterocycles. The third-order valence-electron chi connectivity index (χ3n) is 4.35. The summed E-state index contributed by atoms with van der Waals surface area (Å²) >= 11 is 1.30. The Morgan fingerprint density at radius 2 is 1.52 bits per heavy atom. The number of aromatic nitrogens is 1. The second-order valence-electron chi connectivity index (χ2n) is 6.27. The summed E-state index contributed by atoms with van der Waals surface area (Å²) in [7, 11) is 1.38. The van der Waals surface area contributed by atoms with Crippen LogP contribution in [0.4, 0.5) is 11.4 Å². The fourth-order valence-electron chi connectivity index (χ4n) is 2.97. The van der Waals surface area contributed by atoms with Crippen LogP contribution in [0.2, 0.25) is 0 Å². The molecule has 6 heteroatoms. The van der Waals surface area contributed by atoms with Crippen LogP contribution < -0.4 is 5.32 Å². The van der Waals surface area contributed by atoms with Crippen LogP contribution in [0, 0.1) is 0 Å². The number of esters is 1. The van der Waals surface area contributed by atoms with Gasteiger partial charge in [0, 0.05) is 16.5 Å². The molecule has 5 nitrogen and oxygen atoms in total. The SMILES string of the molecule is COC(=O)CSC(=Nc1c2ccccc2nc2ccccc12)Nc1ccccc1. The van der Waals surface area contributed by atoms with Gasteiger partial charge in [-0.1, -0.05) is 66.4 Å². The smallest absolute Gasteiger partial charge is 0.316 e. The van der Waals surface area contributed by atoms with Gasteiger partial charge in [0.25, 0.3) is 0 Å². The number of rotatable bonds is 4. The van der Waals surface area contributed by atoms with Crippen molar-refractivity contribution in [3.8, 4) is 0 Å². The molecule has 0 amide bonds. The van der Waals surface area contributed by atoms with E-state index in [9.17, 15) is 4.79 Å². The average Bonchev–Trinajstić information content (AvgIpc) is 2.77. The number of hydrogen-bond donors (Lipinski definition) is 1. The number of aliphatic imine (C=N–C) groups is 1. The summed E-state index contributed by atoms with van der Waals surface area (Å²) in [5.74, 6) is -0.141. The Bertz CT molecular complexity index is 1140. The van der Waals surface area contributed by atoms with Crippen molar-refractivity contribution in [3.63, 3.8) is 0 Å². The molecule has 0 bridgehead atoms. The molecule has 1 heterocycles. The first kappa shape index (κ1) is 19.0. The van der Waals surface area contributed by atoms with Crippen LogP contribution in [0.15, 0.2) is 83.9 Å². The number of thioether (sulfide) groups is 1. The molecule has 0 aliphatic heterocycles. The highest BCUT2D eigenvalue weighted by Gasteiger charge is 2.12. The second-order valence-corrected chi connectivity index (χ2v) is 7.23. The summed E-state index contributed by atoms with van der Waals surface area (Å²) in [6, 6.07) is 25.6. The van der Waals surface area contributed by atoms with Crippen LogP contribution in [0.1, 0.15) is 0 Å². The molecule has 3 aromatic carbocycles. The highest BCUT2D eigenvalue weighted by Crippen LogP contribution is 2.34. The monoisotopic (exact) mass is 401 g/mol. The molecule has 4 rings (SSSR count). The molecule has 0 spiro atoms. The zero-order valence-corrected chi connectivity index (χ0v) is 16.6. The third-order valence-corrected chi connectivity index (χ3v) is 5.20. The van der Waals surface area contributed by atoms with Crippen molar-refractivity contribution in [3.05, 3.63) is 78.9 Å². The molecule has 0 aliphatic rings. The van der Waals surface area contributed by atoms with E-state index in [2.05, 4.69) is 5.32 Å². The molecule has 4 aromatic rings. The molecule has 144 valence electrons. The van der Waals surface area contributed by atoms with Crippen molar-refractivity contribution in [1.29, 1.82) is 0 Å². The molecular formula is C23H19N3O2S. The van der Waals surface area contributed by atoms with Crippen molar-refractivity contribution in [2.24, 2.45) is 4.99 Å². The summed E-state index contributed by atoms with van der Waals surface area (Å²) in [5, 5.41) is 5.85. The summed E-state index contributed by atoms with van der Waals surface area (Å²) in [6.07, 6.45) is 0. The van der Waals surface area contributed by atoms with Gasteiger partial charge in [0.15, 0.2) is 5.17 Å². The van der Waals surface area contributed by atoms with Crippen molar-refractivity contribution in [2.75, 3.05) is 18.2 Å². The van der Waals surface area contributed by atoms with Crippen LogP contribution in [0.3, 0.4) is 0 Å². The Morgan fingerprint density at radius 3 is 2.14 bits per heavy atom. The van der Waals surface area contributed by atoms with Crippen molar-refractivity contribution in [2.45, 2.75) is 0 Å². The van der Waals surface area contributed by atoms with Crippen LogP contribution in [0.25, 0.3) is 21.8 Å². The van der Waals surface area contributed by atoms with E-state index < -0.39 is 0 Å². The predicted molar refractivity (Wildman–Crippen MR) is 121 cm³/mol. The van der Waals surface area contributed by atoms with Gasteiger partial charge in [-0.25, -0.2) is 9.98 Å². The first-order valence-corrected chi connectivity index (χ1v) is 10.1. The number of benzene rings is 3. The van der Waals surface area contributed by atoms with E-state index in [1.165, 1.54) is 18.9 Å². The van der Waals surface area contributed by atoms with Gasteiger partial charge < -0.3 is 10.1 Å². The average molecular weight is 401 g/mol. The maximum atomic E-state index is 11.7. The van der Waals surface area contributed by atoms with E-state index in [-0.39, 0.29) is 11.7 Å². The minimum atomic E-state index is -0.304. The lowest BCUT2D eigenvalue weighted by Gasteiger charge is -2.12. The first-order valence-electron chi connectivity index (χ1n) is 9.12. The number of methoxy groups -OCH3 is 1. The summed E-state index contributed by atoms with van der Waals surface area (Å²) in [6.45, 7) is 0. The van der Waals surface area contributed by atoms with Crippen molar-refractivity contribution >= 4 is 56.1 Å². The van der Waals surface area contributed by atoms with Gasteiger partial charge in [0.2, 0.25) is 0 Å². The van der Waals surface area contributed by atoms with Crippen LogP contribution >= 0.6 is 11.8 Å². The number of para-hydroxylation sites is 3. The maximum absolute atomic E-state index is 11.7. The number of hydrogen-bond acceptors (Lipinski definition) is 5. The molecule has 0 atom stereocenters. The number of amidine groups is 1. The molecular weight excluding hydrogens is 382 g/mol. The number of nitrogens with zero attached hydrogens (tertiary/aromatic N) is 2. The standard InChI is InChI=1S/C23H19N3O2S/c1-28-21(27)15-29-23(24-16-9-3-2-4-10-16)26-22-17-11-5-7-13-19(17)25-20-14-8-6-12-18(20)22/h2-14H,15H2,1H3,(H,24,25,26). The quantitative estimate of drug-likeness (QED) is 0.215. The number of anilines is 1. The van der Waals surface area contributed by atoms with Crippen LogP contribution in [-0.4, -0.2) is 29.0 Å². The van der Waals surface area contributed by atoms with Gasteiger partial charge in [-0.2, -0.15) is 0 Å². The fraction of sp³-hybridized carbons (Fsp3) is 0.0870. The van der Waals surface area contributed by atoms with Gasteiger partial charge in [0.05, 0.1) is 29.6 Å². The zero-order chi connectivity index (χ0) is 20.1. The Morgan fingerprint density at radius 1 is 0.931 bits per heavy atom. The summed E-state index contributed by atoms with van der Waals surface area (Å²) in [5.41, 5.74) is 3.47. The Hall–Kier alpha value is -3.38. The van der Waals surface area contributed by atoms with Gasteiger partial charge in [-0.05, 0) is 24.3 Å². The lowest BCUT2D eigenvalue weighted by Crippen LogP contribution is -2.12. The predicted octanol–water partition coefficient (Wildman–Crippen LogP) is 5.39. The summed E-state index contributed by atoms with van der Waals surface area (Å²) in [4.78, 5) is 21.4. The lowest BCUT2D eigenvalue weighted by atomic mass is 10.1. The number of fused-ring (bicyclic) bond motifs is 2. The maximum Gasteiger partial charge on any atom is 0.316 e. The third kappa shape index (κ3) is 4.38. The van der Waals surface area contributed by atoms with Crippen molar-refractivity contribution in [1.82, 2.24) is 4.98 Å². The Balaban J connectivity index is 1.85. The molecule has 0 fully saturated rings. The number of pyridine rings is 1. The Kier molecular flexibility index (Phi) is 5.72. The van der Waals surface area contributed by atoms with Crippen LogP contribution in [0.5, 0.6) is 0 Å². The van der Waals surface area contributed by atoms with Gasteiger partial charge in [-0.15, -0.1) is 0 Å². The highest BCUT2D eigenvalue weighted by atomic mass is 32.2. The normalized spacial score (nSPS) is 11.6. The Labute approximate surface area is 172 Å². The zero-order valence-electron chi connectivity index (χ0n) is 15.8. The van der Waals surface area contributed by atoms with E-state index in [1.54, 1.807) is 0 Å². The number of ether oxygens (including phenoxy) is 1. The minimum Gasteiger partial charge on any atom is -0.468 e. The molecule has 1 aromatic heterocycles. The van der Waals surface area contributed by atoms with E-state index in [0.29, 0.717) is 5.17 Å². The summed E-state index contributed by atoms with van der Waals surface area (Å²) < 4.78 is 4.79. The highest BCUT2D eigenvalue weighted by molar-refractivity contribution is 8.14. The molecule has 0 aliphatic carbocycles. The largest absolute Gasteiger partial charge is 0.468 e. The van der Waals surface area contributed by atoms with Gasteiger partial charge >= 0.3 is 5.97 Å². The second kappa shape index (κ2) is 8.75. The van der Waals surface area contributed by atoms with Gasteiger partial charge in [-0.3, -0.25) is 4.79 Å². The van der Waals surface area contributed by atoms with E-state index in [0.717, 1.165) is 33.2 Å². The molecule has 0 saturated carbocycles. The van der Waals surface area contributed by atoms with Crippen molar-refractivity contribution < 1.29 is 9.53 Å². The van der Waals surface area contributed by atoms with E-state index >= 15 is 0 Å². The topological polar surface area (TPSA) is 63.6 Å². The molecule has 1 N–H and O–H groups in total. The van der Waals surface area contributed by atoms with Gasteiger partial charge in [0.1, 0.15) is 0 Å². The number of carbonyl (C=O) groups is 1. The van der Waals surface area contributed by atoms with Crippen LogP contribution in [-0.2, 0) is 9.53 Å². The lowest BCUT2D eigenvalue weighted by molar-refractivity contribution is -0.137. The molecule has 0 radical (unpaired) electrons. The number of carbonyl (C=O) groups excluding carboxylic acids is 1.